The highest BCUT2D eigenvalue weighted by Gasteiger charge is 2.16. The lowest BCUT2D eigenvalue weighted by Crippen LogP contribution is -2.11. The van der Waals surface area contributed by atoms with Crippen LogP contribution in [0.5, 0.6) is 0 Å². The Morgan fingerprint density at radius 1 is 1.50 bits per heavy atom. The highest BCUT2D eigenvalue weighted by Crippen LogP contribution is 2.28. The first-order chi connectivity index (χ1) is 8.65. The summed E-state index contributed by atoms with van der Waals surface area (Å²) in [5.41, 5.74) is 6.51. The Morgan fingerprint density at radius 2 is 2.28 bits per heavy atom. The maximum absolute atomic E-state index is 5.94. The van der Waals surface area contributed by atoms with Crippen molar-refractivity contribution in [2.75, 3.05) is 6.54 Å². The zero-order valence-corrected chi connectivity index (χ0v) is 12.2. The highest BCUT2D eigenvalue weighted by atomic mass is 79.9. The van der Waals surface area contributed by atoms with Crippen molar-refractivity contribution in [1.29, 1.82) is 0 Å². The number of nitrogens with zero attached hydrogens (tertiary/aromatic N) is 2. The third kappa shape index (κ3) is 2.74. The number of rotatable bonds is 4. The molecule has 0 amide bonds. The van der Waals surface area contributed by atoms with Crippen LogP contribution in [0.1, 0.15) is 25.2 Å². The quantitative estimate of drug-likeness (QED) is 0.930. The van der Waals surface area contributed by atoms with E-state index in [4.69, 9.17) is 21.9 Å². The van der Waals surface area contributed by atoms with Gasteiger partial charge in [0.25, 0.3) is 0 Å². The van der Waals surface area contributed by atoms with Crippen molar-refractivity contribution in [3.63, 3.8) is 0 Å². The van der Waals surface area contributed by atoms with Crippen molar-refractivity contribution in [1.82, 2.24) is 10.1 Å². The van der Waals surface area contributed by atoms with Crippen molar-refractivity contribution in [2.45, 2.75) is 19.3 Å². The molecule has 96 valence electrons. The minimum Gasteiger partial charge on any atom is -0.339 e. The predicted octanol–water partition coefficient (Wildman–Crippen LogP) is 3.60. The molecule has 0 aliphatic rings. The Hall–Kier alpha value is -0.910. The van der Waals surface area contributed by atoms with E-state index >= 15 is 0 Å². The van der Waals surface area contributed by atoms with Gasteiger partial charge < -0.3 is 10.3 Å². The smallest absolute Gasteiger partial charge is 0.231 e. The summed E-state index contributed by atoms with van der Waals surface area (Å²) >= 11 is 9.31. The van der Waals surface area contributed by atoms with Crippen molar-refractivity contribution in [3.05, 3.63) is 33.6 Å². The van der Waals surface area contributed by atoms with E-state index in [1.54, 1.807) is 6.07 Å². The summed E-state index contributed by atoms with van der Waals surface area (Å²) in [6, 6.07) is 5.50. The van der Waals surface area contributed by atoms with Crippen LogP contribution in [-0.4, -0.2) is 16.7 Å². The lowest BCUT2D eigenvalue weighted by molar-refractivity contribution is 0.351. The zero-order valence-electron chi connectivity index (χ0n) is 9.86. The molecular weight excluding hydrogens is 318 g/mol. The number of benzene rings is 1. The average molecular weight is 331 g/mol. The van der Waals surface area contributed by atoms with Crippen LogP contribution in [0, 0.1) is 0 Å². The lowest BCUT2D eigenvalue weighted by atomic mass is 10.1. The fourth-order valence-electron chi connectivity index (χ4n) is 1.60. The van der Waals surface area contributed by atoms with Crippen LogP contribution in [0.3, 0.4) is 0 Å². The van der Waals surface area contributed by atoms with Gasteiger partial charge in [0, 0.05) is 16.6 Å². The van der Waals surface area contributed by atoms with E-state index in [2.05, 4.69) is 26.1 Å². The van der Waals surface area contributed by atoms with Crippen LogP contribution in [0.4, 0.5) is 0 Å². The van der Waals surface area contributed by atoms with Crippen LogP contribution in [0.25, 0.3) is 11.4 Å². The number of hydrogen-bond acceptors (Lipinski definition) is 4. The Morgan fingerprint density at radius 3 is 2.89 bits per heavy atom. The maximum Gasteiger partial charge on any atom is 0.231 e. The van der Waals surface area contributed by atoms with Crippen molar-refractivity contribution in [2.24, 2.45) is 5.73 Å². The molecule has 0 aliphatic heterocycles. The average Bonchev–Trinajstić information content (AvgIpc) is 2.84. The summed E-state index contributed by atoms with van der Waals surface area (Å²) in [4.78, 5) is 4.37. The molecule has 0 saturated heterocycles. The Balaban J connectivity index is 2.31. The standard InChI is InChI=1S/C12H13BrClN3O/c1-2-7(6-15)12-16-11(17-18-12)8-3-4-10(14)9(13)5-8/h3-5,7H,2,6,15H2,1H3. The molecule has 1 heterocycles. The molecule has 0 spiro atoms. The van der Waals surface area contributed by atoms with Gasteiger partial charge in [0.2, 0.25) is 11.7 Å². The summed E-state index contributed by atoms with van der Waals surface area (Å²) in [5, 5.41) is 4.62. The van der Waals surface area contributed by atoms with Gasteiger partial charge in [-0.3, -0.25) is 0 Å². The molecule has 0 radical (unpaired) electrons. The molecule has 1 aromatic carbocycles. The fraction of sp³-hybridized carbons (Fsp3) is 0.333. The van der Waals surface area contributed by atoms with Gasteiger partial charge in [0.15, 0.2) is 0 Å². The largest absolute Gasteiger partial charge is 0.339 e. The summed E-state index contributed by atoms with van der Waals surface area (Å²) < 4.78 is 6.05. The van der Waals surface area contributed by atoms with E-state index in [0.717, 1.165) is 16.5 Å². The second kappa shape index (κ2) is 5.82. The lowest BCUT2D eigenvalue weighted by Gasteiger charge is -2.04. The fourth-order valence-corrected chi connectivity index (χ4v) is 2.09. The van der Waals surface area contributed by atoms with Crippen LogP contribution in [-0.2, 0) is 0 Å². The van der Waals surface area contributed by atoms with Crippen LogP contribution in [0.15, 0.2) is 27.2 Å². The van der Waals surface area contributed by atoms with Gasteiger partial charge >= 0.3 is 0 Å². The summed E-state index contributed by atoms with van der Waals surface area (Å²) in [6.07, 6.45) is 0.877. The topological polar surface area (TPSA) is 64.9 Å². The van der Waals surface area contributed by atoms with Gasteiger partial charge in [-0.1, -0.05) is 23.7 Å². The van der Waals surface area contributed by atoms with Gasteiger partial charge in [-0.2, -0.15) is 4.98 Å². The van der Waals surface area contributed by atoms with E-state index < -0.39 is 0 Å². The van der Waals surface area contributed by atoms with Gasteiger partial charge in [0.1, 0.15) is 0 Å². The Labute approximate surface area is 119 Å². The number of nitrogens with two attached hydrogens (primary N) is 1. The summed E-state index contributed by atoms with van der Waals surface area (Å²) in [7, 11) is 0. The molecule has 6 heteroatoms. The maximum atomic E-state index is 5.94. The van der Waals surface area contributed by atoms with E-state index in [0.29, 0.717) is 23.3 Å². The first-order valence-corrected chi connectivity index (χ1v) is 6.82. The number of aromatic nitrogens is 2. The second-order valence-electron chi connectivity index (χ2n) is 3.93. The molecule has 18 heavy (non-hydrogen) atoms. The minimum atomic E-state index is 0.113. The zero-order chi connectivity index (χ0) is 13.1. The SMILES string of the molecule is CCC(CN)c1nc(-c2ccc(Cl)c(Br)c2)no1. The summed E-state index contributed by atoms with van der Waals surface area (Å²) in [5.74, 6) is 1.25. The van der Waals surface area contributed by atoms with Gasteiger partial charge in [0.05, 0.1) is 10.9 Å². The van der Waals surface area contributed by atoms with Crippen molar-refractivity contribution >= 4 is 27.5 Å². The third-order valence-corrected chi connectivity index (χ3v) is 3.96. The van der Waals surface area contributed by atoms with E-state index in [9.17, 15) is 0 Å². The molecule has 4 nitrogen and oxygen atoms in total. The molecule has 0 bridgehead atoms. The van der Waals surface area contributed by atoms with Gasteiger partial charge in [-0.25, -0.2) is 0 Å². The molecule has 2 N–H and O–H groups in total. The Bertz CT molecular complexity index is 540. The van der Waals surface area contributed by atoms with E-state index in [1.807, 2.05) is 19.1 Å². The molecule has 2 aromatic rings. The number of hydrogen-bond donors (Lipinski definition) is 1. The molecule has 1 aromatic heterocycles. The van der Waals surface area contributed by atoms with Gasteiger partial charge in [-0.05, 0) is 40.5 Å². The van der Waals surface area contributed by atoms with E-state index in [-0.39, 0.29) is 5.92 Å². The van der Waals surface area contributed by atoms with Crippen LogP contribution < -0.4 is 5.73 Å². The summed E-state index contributed by atoms with van der Waals surface area (Å²) in [6.45, 7) is 2.54. The first-order valence-electron chi connectivity index (χ1n) is 5.64. The van der Waals surface area contributed by atoms with Crippen LogP contribution >= 0.6 is 27.5 Å². The molecule has 0 fully saturated rings. The normalized spacial score (nSPS) is 12.7. The monoisotopic (exact) mass is 329 g/mol. The Kier molecular flexibility index (Phi) is 4.37. The molecule has 0 saturated carbocycles. The molecule has 0 aliphatic carbocycles. The molecule has 2 rings (SSSR count). The van der Waals surface area contributed by atoms with Crippen LogP contribution in [0.2, 0.25) is 5.02 Å². The van der Waals surface area contributed by atoms with Crippen molar-refractivity contribution < 1.29 is 4.52 Å². The molecule has 1 unspecified atom stereocenters. The number of halogens is 2. The highest BCUT2D eigenvalue weighted by molar-refractivity contribution is 9.10. The van der Waals surface area contributed by atoms with E-state index in [1.165, 1.54) is 0 Å². The first kappa shape index (κ1) is 13.5. The second-order valence-corrected chi connectivity index (χ2v) is 5.19. The van der Waals surface area contributed by atoms with Crippen molar-refractivity contribution in [3.8, 4) is 11.4 Å². The predicted molar refractivity (Wildman–Crippen MR) is 74.5 cm³/mol. The third-order valence-electron chi connectivity index (χ3n) is 2.75. The minimum absolute atomic E-state index is 0.113. The molecular formula is C12H13BrClN3O. The van der Waals surface area contributed by atoms with Gasteiger partial charge in [-0.15, -0.1) is 0 Å². The molecule has 1 atom stereocenters.